The average Bonchev–Trinajstić information content (AvgIpc) is 3.25. The lowest BCUT2D eigenvalue weighted by Gasteiger charge is -2.05. The van der Waals surface area contributed by atoms with Crippen molar-refractivity contribution in [3.05, 3.63) is 46.8 Å². The maximum Gasteiger partial charge on any atom is 0.306 e. The molecule has 0 aliphatic rings. The normalized spacial score (nSPS) is 10.8. The molecule has 3 rings (SSSR count). The van der Waals surface area contributed by atoms with Gasteiger partial charge in [-0.15, -0.1) is 11.3 Å². The van der Waals surface area contributed by atoms with Crippen molar-refractivity contribution in [1.29, 1.82) is 0 Å². The quantitative estimate of drug-likeness (QED) is 0.665. The van der Waals surface area contributed by atoms with Gasteiger partial charge in [0.25, 0.3) is 5.91 Å². The van der Waals surface area contributed by atoms with Gasteiger partial charge in [-0.2, -0.15) is 0 Å². The van der Waals surface area contributed by atoms with Crippen LogP contribution in [0, 0.1) is 6.92 Å². The Morgan fingerprint density at radius 3 is 2.84 bits per heavy atom. The number of ether oxygens (including phenoxy) is 1. The van der Waals surface area contributed by atoms with E-state index in [0.29, 0.717) is 6.42 Å². The summed E-state index contributed by atoms with van der Waals surface area (Å²) in [6.07, 6.45) is 0.791. The van der Waals surface area contributed by atoms with E-state index in [0.717, 1.165) is 27.0 Å². The number of aromatic nitrogens is 1. The van der Waals surface area contributed by atoms with Crippen LogP contribution in [0.3, 0.4) is 0 Å². The summed E-state index contributed by atoms with van der Waals surface area (Å²) in [6.45, 7) is 1.82. The molecule has 0 unspecified atom stereocenters. The third-order valence-electron chi connectivity index (χ3n) is 4.05. The Kier molecular flexibility index (Phi) is 5.19. The molecule has 0 radical (unpaired) electrons. The number of aromatic amines is 1. The molecule has 2 heterocycles. The first-order valence-electron chi connectivity index (χ1n) is 8.09. The second-order valence-electron chi connectivity index (χ2n) is 5.84. The molecule has 2 aromatic heterocycles. The van der Waals surface area contributed by atoms with Gasteiger partial charge in [0.05, 0.1) is 10.6 Å². The highest BCUT2D eigenvalue weighted by molar-refractivity contribution is 7.13. The lowest BCUT2D eigenvalue weighted by molar-refractivity contribution is -0.148. The van der Waals surface area contributed by atoms with Gasteiger partial charge in [0.1, 0.15) is 0 Å². The van der Waals surface area contributed by atoms with Crippen LogP contribution in [0.5, 0.6) is 0 Å². The summed E-state index contributed by atoms with van der Waals surface area (Å²) < 4.78 is 5.00. The molecule has 2 N–H and O–H groups in total. The van der Waals surface area contributed by atoms with Crippen LogP contribution < -0.4 is 5.32 Å². The Bertz CT molecular complexity index is 897. The van der Waals surface area contributed by atoms with E-state index >= 15 is 0 Å². The number of rotatable bonds is 6. The van der Waals surface area contributed by atoms with Crippen molar-refractivity contribution in [2.75, 3.05) is 13.7 Å². The van der Waals surface area contributed by atoms with Crippen LogP contribution in [0.1, 0.15) is 17.5 Å². The van der Waals surface area contributed by atoms with Gasteiger partial charge in [0.15, 0.2) is 6.61 Å². The standard InChI is InChI=1S/C19H20N2O3S/c1-12-5-7-15-14(10-12)13(19(21-15)16-4-3-9-25-16)6-8-18(23)24-11-17(22)20-2/h3-5,7,9-10,21H,6,8,11H2,1-2H3,(H,20,22). The SMILES string of the molecule is CNC(=O)COC(=O)CCc1c(-c2cccs2)[nH]c2ccc(C)cc12. The summed E-state index contributed by atoms with van der Waals surface area (Å²) >= 11 is 1.66. The summed E-state index contributed by atoms with van der Waals surface area (Å²) in [5.74, 6) is -0.682. The zero-order valence-corrected chi connectivity index (χ0v) is 15.0. The van der Waals surface area contributed by atoms with Gasteiger partial charge in [-0.25, -0.2) is 0 Å². The summed E-state index contributed by atoms with van der Waals surface area (Å²) in [6, 6.07) is 10.3. The minimum atomic E-state index is -0.372. The first kappa shape index (κ1) is 17.2. The van der Waals surface area contributed by atoms with E-state index in [9.17, 15) is 9.59 Å². The number of H-pyrrole nitrogens is 1. The number of hydrogen-bond donors (Lipinski definition) is 2. The number of benzene rings is 1. The molecule has 1 aromatic carbocycles. The van der Waals surface area contributed by atoms with E-state index in [2.05, 4.69) is 41.5 Å². The molecule has 0 saturated carbocycles. The van der Waals surface area contributed by atoms with Gasteiger partial charge in [-0.1, -0.05) is 17.7 Å². The molecule has 3 aromatic rings. The van der Waals surface area contributed by atoms with Crippen molar-refractivity contribution in [3.63, 3.8) is 0 Å². The lowest BCUT2D eigenvalue weighted by atomic mass is 10.0. The highest BCUT2D eigenvalue weighted by Gasteiger charge is 2.16. The number of likely N-dealkylation sites (N-methyl/N-ethyl adjacent to an activating group) is 1. The molecule has 0 aliphatic heterocycles. The van der Waals surface area contributed by atoms with Crippen LogP contribution in [-0.2, 0) is 20.7 Å². The minimum Gasteiger partial charge on any atom is -0.456 e. The van der Waals surface area contributed by atoms with E-state index in [1.807, 2.05) is 11.4 Å². The molecule has 0 saturated heterocycles. The molecule has 5 nitrogen and oxygen atoms in total. The van der Waals surface area contributed by atoms with Crippen molar-refractivity contribution >= 4 is 34.1 Å². The molecule has 25 heavy (non-hydrogen) atoms. The number of thiophene rings is 1. The average molecular weight is 356 g/mol. The highest BCUT2D eigenvalue weighted by atomic mass is 32.1. The maximum atomic E-state index is 11.9. The smallest absolute Gasteiger partial charge is 0.306 e. The summed E-state index contributed by atoms with van der Waals surface area (Å²) in [5.41, 5.74) is 4.39. The van der Waals surface area contributed by atoms with Gasteiger partial charge in [-0.3, -0.25) is 9.59 Å². The zero-order valence-electron chi connectivity index (χ0n) is 14.2. The lowest BCUT2D eigenvalue weighted by Crippen LogP contribution is -2.25. The van der Waals surface area contributed by atoms with Crippen LogP contribution >= 0.6 is 11.3 Å². The second-order valence-corrected chi connectivity index (χ2v) is 6.79. The molecule has 1 amide bonds. The third kappa shape index (κ3) is 3.91. The van der Waals surface area contributed by atoms with Crippen molar-refractivity contribution in [2.45, 2.75) is 19.8 Å². The Hall–Kier alpha value is -2.60. The number of fused-ring (bicyclic) bond motifs is 1. The maximum absolute atomic E-state index is 11.9. The largest absolute Gasteiger partial charge is 0.456 e. The van der Waals surface area contributed by atoms with Crippen molar-refractivity contribution in [3.8, 4) is 10.6 Å². The van der Waals surface area contributed by atoms with Crippen LogP contribution in [-0.4, -0.2) is 30.5 Å². The zero-order chi connectivity index (χ0) is 17.8. The number of esters is 1. The van der Waals surface area contributed by atoms with E-state index < -0.39 is 0 Å². The molecule has 0 atom stereocenters. The van der Waals surface area contributed by atoms with Gasteiger partial charge in [0.2, 0.25) is 0 Å². The Labute approximate surface area is 150 Å². The molecule has 130 valence electrons. The number of carbonyl (C=O) groups is 2. The fourth-order valence-electron chi connectivity index (χ4n) is 2.77. The number of hydrogen-bond acceptors (Lipinski definition) is 4. The fourth-order valence-corrected chi connectivity index (χ4v) is 3.52. The van der Waals surface area contributed by atoms with Gasteiger partial charge in [-0.05, 0) is 42.5 Å². The van der Waals surface area contributed by atoms with Crippen LogP contribution in [0.4, 0.5) is 0 Å². The van der Waals surface area contributed by atoms with E-state index in [1.54, 1.807) is 11.3 Å². The second kappa shape index (κ2) is 7.53. The minimum absolute atomic E-state index is 0.232. The molecular formula is C19H20N2O3S. The van der Waals surface area contributed by atoms with Crippen LogP contribution in [0.25, 0.3) is 21.5 Å². The highest BCUT2D eigenvalue weighted by Crippen LogP contribution is 2.34. The van der Waals surface area contributed by atoms with E-state index in [1.165, 1.54) is 12.6 Å². The van der Waals surface area contributed by atoms with Crippen molar-refractivity contribution in [1.82, 2.24) is 10.3 Å². The molecule has 0 bridgehead atoms. The Balaban J connectivity index is 1.84. The summed E-state index contributed by atoms with van der Waals surface area (Å²) in [7, 11) is 1.51. The van der Waals surface area contributed by atoms with Crippen LogP contribution in [0.2, 0.25) is 0 Å². The van der Waals surface area contributed by atoms with Crippen LogP contribution in [0.15, 0.2) is 35.7 Å². The summed E-state index contributed by atoms with van der Waals surface area (Å²) in [5, 5.41) is 5.59. The van der Waals surface area contributed by atoms with Gasteiger partial charge < -0.3 is 15.0 Å². The fraction of sp³-hybridized carbons (Fsp3) is 0.263. The van der Waals surface area contributed by atoms with Crippen molar-refractivity contribution < 1.29 is 14.3 Å². The van der Waals surface area contributed by atoms with Gasteiger partial charge >= 0.3 is 5.97 Å². The molecule has 6 heteroatoms. The first-order valence-corrected chi connectivity index (χ1v) is 8.97. The molecule has 0 aliphatic carbocycles. The summed E-state index contributed by atoms with van der Waals surface area (Å²) in [4.78, 5) is 27.7. The van der Waals surface area contributed by atoms with E-state index in [-0.39, 0.29) is 24.9 Å². The topological polar surface area (TPSA) is 71.2 Å². The van der Waals surface area contributed by atoms with Gasteiger partial charge in [0, 0.05) is 24.4 Å². The first-order chi connectivity index (χ1) is 12.1. The van der Waals surface area contributed by atoms with E-state index in [4.69, 9.17) is 4.74 Å². The number of aryl methyl sites for hydroxylation is 2. The number of nitrogens with one attached hydrogen (secondary N) is 2. The third-order valence-corrected chi connectivity index (χ3v) is 4.94. The Morgan fingerprint density at radius 1 is 1.28 bits per heavy atom. The molecular weight excluding hydrogens is 336 g/mol. The van der Waals surface area contributed by atoms with Crippen molar-refractivity contribution in [2.24, 2.45) is 0 Å². The Morgan fingerprint density at radius 2 is 2.12 bits per heavy atom. The molecule has 0 spiro atoms. The number of carbonyl (C=O) groups excluding carboxylic acids is 2. The number of amides is 1. The predicted octanol–water partition coefficient (Wildman–Crippen LogP) is 3.43. The molecule has 0 fully saturated rings. The monoisotopic (exact) mass is 356 g/mol. The predicted molar refractivity (Wildman–Crippen MR) is 99.7 cm³/mol.